The molecule has 10 heteroatoms. The molecule has 0 amide bonds. The van der Waals surface area contributed by atoms with Crippen molar-refractivity contribution in [2.45, 2.75) is 12.5 Å². The normalized spacial score (nSPS) is 15.0. The lowest BCUT2D eigenvalue weighted by molar-refractivity contribution is 0.413. The van der Waals surface area contributed by atoms with Crippen molar-refractivity contribution in [3.05, 3.63) is 82.8 Å². The van der Waals surface area contributed by atoms with Crippen LogP contribution < -0.4 is 20.7 Å². The van der Waals surface area contributed by atoms with Crippen LogP contribution in [0.4, 0.5) is 21.8 Å². The highest BCUT2D eigenvalue weighted by Crippen LogP contribution is 2.34. The van der Waals surface area contributed by atoms with Gasteiger partial charge in [0.15, 0.2) is 0 Å². The van der Waals surface area contributed by atoms with Crippen molar-refractivity contribution < 1.29 is 9.13 Å². The predicted molar refractivity (Wildman–Crippen MR) is 130 cm³/mol. The van der Waals surface area contributed by atoms with Gasteiger partial charge in [-0.1, -0.05) is 23.7 Å². The second kappa shape index (κ2) is 9.28. The highest BCUT2D eigenvalue weighted by Gasteiger charge is 2.27. The van der Waals surface area contributed by atoms with Crippen LogP contribution in [-0.2, 0) is 6.54 Å². The molecule has 1 aliphatic heterocycles. The molecule has 34 heavy (non-hydrogen) atoms. The third kappa shape index (κ3) is 4.27. The van der Waals surface area contributed by atoms with Crippen LogP contribution in [0.1, 0.15) is 22.7 Å². The number of benzene rings is 2. The predicted octanol–water partition coefficient (Wildman–Crippen LogP) is 4.48. The number of anilines is 3. The van der Waals surface area contributed by atoms with Crippen molar-refractivity contribution in [3.8, 4) is 11.4 Å². The van der Waals surface area contributed by atoms with E-state index in [0.717, 1.165) is 34.0 Å². The molecule has 0 bridgehead atoms. The van der Waals surface area contributed by atoms with Crippen LogP contribution in [-0.4, -0.2) is 40.2 Å². The van der Waals surface area contributed by atoms with Crippen LogP contribution in [0.5, 0.6) is 5.75 Å². The van der Waals surface area contributed by atoms with Crippen molar-refractivity contribution in [3.63, 3.8) is 0 Å². The minimum Gasteiger partial charge on any atom is -0.494 e. The van der Waals surface area contributed by atoms with Gasteiger partial charge in [-0.2, -0.15) is 4.98 Å². The lowest BCUT2D eigenvalue weighted by Crippen LogP contribution is -2.31. The van der Waals surface area contributed by atoms with Gasteiger partial charge in [0.05, 0.1) is 18.5 Å². The molecule has 0 spiro atoms. The number of ether oxygens (including phenoxy) is 1. The average Bonchev–Trinajstić information content (AvgIpc) is 3.29. The molecule has 0 fully saturated rings. The zero-order valence-corrected chi connectivity index (χ0v) is 19.4. The summed E-state index contributed by atoms with van der Waals surface area (Å²) in [6.45, 7) is 1.35. The van der Waals surface area contributed by atoms with Gasteiger partial charge in [-0.25, -0.2) is 14.4 Å². The SMILES string of the molecule is CNc1nc(Nc2ccc(-n3cnc(Cl)c3)c(OC)c2)nc2c1CNCC2c1ccc(F)cc1. The van der Waals surface area contributed by atoms with Gasteiger partial charge in [-0.05, 0) is 29.8 Å². The van der Waals surface area contributed by atoms with Gasteiger partial charge < -0.3 is 25.3 Å². The number of hydrogen-bond donors (Lipinski definition) is 3. The molecule has 1 atom stereocenters. The zero-order chi connectivity index (χ0) is 23.7. The van der Waals surface area contributed by atoms with E-state index in [1.54, 1.807) is 36.3 Å². The first-order valence-corrected chi connectivity index (χ1v) is 11.1. The maximum absolute atomic E-state index is 13.5. The zero-order valence-electron chi connectivity index (χ0n) is 18.6. The molecule has 2 aromatic heterocycles. The van der Waals surface area contributed by atoms with Crippen molar-refractivity contribution in [1.82, 2.24) is 24.8 Å². The molecule has 0 saturated heterocycles. The Morgan fingerprint density at radius 3 is 2.71 bits per heavy atom. The molecule has 3 N–H and O–H groups in total. The third-order valence-electron chi connectivity index (χ3n) is 5.79. The van der Waals surface area contributed by atoms with E-state index in [2.05, 4.69) is 25.9 Å². The first-order chi connectivity index (χ1) is 16.6. The smallest absolute Gasteiger partial charge is 0.229 e. The van der Waals surface area contributed by atoms with Gasteiger partial charge >= 0.3 is 0 Å². The quantitative estimate of drug-likeness (QED) is 0.375. The number of halogens is 2. The maximum Gasteiger partial charge on any atom is 0.229 e. The minimum atomic E-state index is -0.260. The summed E-state index contributed by atoms with van der Waals surface area (Å²) < 4.78 is 20.9. The largest absolute Gasteiger partial charge is 0.494 e. The Bertz CT molecular complexity index is 1330. The molecule has 8 nitrogen and oxygen atoms in total. The maximum atomic E-state index is 13.5. The van der Waals surface area contributed by atoms with Crippen molar-refractivity contribution in [2.24, 2.45) is 0 Å². The van der Waals surface area contributed by atoms with E-state index in [-0.39, 0.29) is 11.7 Å². The number of nitrogens with one attached hydrogen (secondary N) is 3. The molecule has 2 aromatic carbocycles. The summed E-state index contributed by atoms with van der Waals surface area (Å²) in [6, 6.07) is 12.2. The Kier molecular flexibility index (Phi) is 6.04. The number of imidazole rings is 1. The Labute approximate surface area is 201 Å². The van der Waals surface area contributed by atoms with Gasteiger partial charge in [-0.15, -0.1) is 0 Å². The molecule has 0 aliphatic carbocycles. The number of nitrogens with zero attached hydrogens (tertiary/aromatic N) is 4. The van der Waals surface area contributed by atoms with E-state index in [1.165, 1.54) is 12.1 Å². The molecule has 3 heterocycles. The summed E-state index contributed by atoms with van der Waals surface area (Å²) in [5.41, 5.74) is 4.47. The lowest BCUT2D eigenvalue weighted by atomic mass is 9.89. The molecule has 0 radical (unpaired) electrons. The third-order valence-corrected chi connectivity index (χ3v) is 5.99. The van der Waals surface area contributed by atoms with E-state index < -0.39 is 0 Å². The molecular formula is C24H23ClFN7O. The van der Waals surface area contributed by atoms with Gasteiger partial charge in [-0.3, -0.25) is 0 Å². The first kappa shape index (κ1) is 22.1. The van der Waals surface area contributed by atoms with Crippen LogP contribution in [0.25, 0.3) is 5.69 Å². The van der Waals surface area contributed by atoms with Crippen LogP contribution in [0.3, 0.4) is 0 Å². The fourth-order valence-electron chi connectivity index (χ4n) is 4.16. The summed E-state index contributed by atoms with van der Waals surface area (Å²) in [7, 11) is 3.44. The summed E-state index contributed by atoms with van der Waals surface area (Å²) >= 11 is 5.96. The molecule has 4 aromatic rings. The highest BCUT2D eigenvalue weighted by molar-refractivity contribution is 6.29. The fraction of sp³-hybridized carbons (Fsp3) is 0.208. The number of fused-ring (bicyclic) bond motifs is 1. The van der Waals surface area contributed by atoms with Crippen molar-refractivity contribution >= 4 is 29.1 Å². The van der Waals surface area contributed by atoms with Crippen LogP contribution in [0.15, 0.2) is 55.0 Å². The lowest BCUT2D eigenvalue weighted by Gasteiger charge is -2.27. The number of methoxy groups -OCH3 is 1. The summed E-state index contributed by atoms with van der Waals surface area (Å²) in [6.07, 6.45) is 3.34. The number of hydrogen-bond acceptors (Lipinski definition) is 7. The number of aromatic nitrogens is 4. The molecule has 0 saturated carbocycles. The van der Waals surface area contributed by atoms with Gasteiger partial charge in [0.1, 0.15) is 28.9 Å². The molecule has 5 rings (SSSR count). The van der Waals surface area contributed by atoms with Gasteiger partial charge in [0, 0.05) is 49.6 Å². The van der Waals surface area contributed by atoms with Crippen molar-refractivity contribution in [2.75, 3.05) is 31.3 Å². The molecule has 1 aliphatic rings. The molecule has 1 unspecified atom stereocenters. The van der Waals surface area contributed by atoms with E-state index in [1.807, 2.05) is 25.2 Å². The van der Waals surface area contributed by atoms with Crippen LogP contribution in [0, 0.1) is 5.82 Å². The monoisotopic (exact) mass is 479 g/mol. The van der Waals surface area contributed by atoms with E-state index in [0.29, 0.717) is 29.9 Å². The second-order valence-electron chi connectivity index (χ2n) is 7.86. The summed E-state index contributed by atoms with van der Waals surface area (Å²) in [5.74, 6) is 1.55. The molecule has 174 valence electrons. The minimum absolute atomic E-state index is 0.0251. The van der Waals surface area contributed by atoms with Gasteiger partial charge in [0.25, 0.3) is 0 Å². The summed E-state index contributed by atoms with van der Waals surface area (Å²) in [4.78, 5) is 13.6. The Morgan fingerprint density at radius 2 is 2.00 bits per heavy atom. The highest BCUT2D eigenvalue weighted by atomic mass is 35.5. The van der Waals surface area contributed by atoms with Crippen LogP contribution >= 0.6 is 11.6 Å². The standard InChI is InChI=1S/C24H23ClFN7O/c1-27-23-18-11-28-10-17(14-3-5-15(26)6-4-14)22(18)31-24(32-23)30-16-7-8-19(20(9-16)34-2)33-12-21(25)29-13-33/h3-9,12-13,17,28H,10-11H2,1-2H3,(H2,27,30,31,32). The first-order valence-electron chi connectivity index (χ1n) is 10.8. The Balaban J connectivity index is 1.50. The number of rotatable bonds is 6. The molecular weight excluding hydrogens is 457 g/mol. The summed E-state index contributed by atoms with van der Waals surface area (Å²) in [5, 5.41) is 10.3. The van der Waals surface area contributed by atoms with Gasteiger partial charge in [0.2, 0.25) is 5.95 Å². The Hall–Kier alpha value is -3.69. The average molecular weight is 480 g/mol. The Morgan fingerprint density at radius 1 is 1.18 bits per heavy atom. The van der Waals surface area contributed by atoms with E-state index in [4.69, 9.17) is 21.3 Å². The van der Waals surface area contributed by atoms with E-state index >= 15 is 0 Å². The van der Waals surface area contributed by atoms with Crippen LogP contribution in [0.2, 0.25) is 5.15 Å². The fourth-order valence-corrected chi connectivity index (χ4v) is 4.31. The topological polar surface area (TPSA) is 88.9 Å². The van der Waals surface area contributed by atoms with Crippen molar-refractivity contribution in [1.29, 1.82) is 0 Å². The van der Waals surface area contributed by atoms with E-state index in [9.17, 15) is 4.39 Å². The second-order valence-corrected chi connectivity index (χ2v) is 8.25.